The van der Waals surface area contributed by atoms with Crippen molar-refractivity contribution < 1.29 is 0 Å². The molecule has 0 aliphatic heterocycles. The van der Waals surface area contributed by atoms with E-state index in [9.17, 15) is 0 Å². The zero-order chi connectivity index (χ0) is 9.80. The molecule has 2 aromatic carbocycles. The molecule has 0 saturated heterocycles. The van der Waals surface area contributed by atoms with Gasteiger partial charge in [0.1, 0.15) is 0 Å². The molecule has 0 spiro atoms. The molecule has 0 nitrogen and oxygen atoms in total. The molecule has 2 aromatic rings. The Bertz CT molecular complexity index is 336. The fourth-order valence-corrected chi connectivity index (χ4v) is 1.54. The monoisotopic (exact) mass is 180 g/mol. The third kappa shape index (κ3) is 1.85. The molecule has 2 rings (SSSR count). The highest BCUT2D eigenvalue weighted by molar-refractivity contribution is 5.30. The van der Waals surface area contributed by atoms with Crippen LogP contribution in [0.4, 0.5) is 0 Å². The van der Waals surface area contributed by atoms with Gasteiger partial charge in [-0.2, -0.15) is 0 Å². The summed E-state index contributed by atoms with van der Waals surface area (Å²) in [6.07, 6.45) is 0. The van der Waals surface area contributed by atoms with E-state index in [2.05, 4.69) is 43.3 Å². The summed E-state index contributed by atoms with van der Waals surface area (Å²) in [4.78, 5) is 0. The Kier molecular flexibility index (Phi) is 2.64. The zero-order valence-electron chi connectivity index (χ0n) is 8.20. The lowest BCUT2D eigenvalue weighted by atomic mass is 9.93. The van der Waals surface area contributed by atoms with Crippen LogP contribution in [0.25, 0.3) is 0 Å². The van der Waals surface area contributed by atoms with Gasteiger partial charge in [-0.15, -0.1) is 0 Å². The molecule has 0 aliphatic rings. The standard InChI is InChI=1S/C14H12/c1-12(13-8-4-2-5-9-13)14-10-6-3-7-11-14/h2-6,8-9,11-12H,1H3. The molecule has 0 aliphatic carbocycles. The van der Waals surface area contributed by atoms with E-state index in [4.69, 9.17) is 0 Å². The molecule has 1 unspecified atom stereocenters. The number of rotatable bonds is 2. The first-order valence-corrected chi connectivity index (χ1v) is 4.80. The van der Waals surface area contributed by atoms with E-state index in [1.54, 1.807) is 0 Å². The molecule has 14 heavy (non-hydrogen) atoms. The fourth-order valence-electron chi connectivity index (χ4n) is 1.54. The van der Waals surface area contributed by atoms with Gasteiger partial charge in [0.05, 0.1) is 0 Å². The smallest absolute Gasteiger partial charge is 0.00673 e. The van der Waals surface area contributed by atoms with Crippen LogP contribution >= 0.6 is 0 Å². The maximum Gasteiger partial charge on any atom is 0.00673 e. The first-order valence-electron chi connectivity index (χ1n) is 4.80. The number of hydrogen-bond donors (Lipinski definition) is 0. The van der Waals surface area contributed by atoms with Gasteiger partial charge in [0, 0.05) is 5.92 Å². The fraction of sp³-hybridized carbons (Fsp3) is 0.143. The Morgan fingerprint density at radius 2 is 1.86 bits per heavy atom. The molecular formula is C14H12. The van der Waals surface area contributed by atoms with Crippen molar-refractivity contribution in [2.75, 3.05) is 0 Å². The van der Waals surface area contributed by atoms with E-state index >= 15 is 0 Å². The van der Waals surface area contributed by atoms with Gasteiger partial charge >= 0.3 is 0 Å². The van der Waals surface area contributed by atoms with Gasteiger partial charge in [-0.25, -0.2) is 0 Å². The van der Waals surface area contributed by atoms with Crippen LogP contribution in [0.2, 0.25) is 0 Å². The minimum atomic E-state index is 0.397. The van der Waals surface area contributed by atoms with Gasteiger partial charge in [-0.1, -0.05) is 49.4 Å². The van der Waals surface area contributed by atoms with E-state index in [1.165, 1.54) is 11.1 Å². The molecule has 2 radical (unpaired) electrons. The largest absolute Gasteiger partial charge is 0.0622 e. The first kappa shape index (κ1) is 9.01. The minimum Gasteiger partial charge on any atom is -0.0622 e. The second-order valence-electron chi connectivity index (χ2n) is 3.38. The van der Waals surface area contributed by atoms with E-state index in [0.717, 1.165) is 0 Å². The van der Waals surface area contributed by atoms with Gasteiger partial charge in [0.25, 0.3) is 0 Å². The van der Waals surface area contributed by atoms with Crippen LogP contribution in [0.5, 0.6) is 0 Å². The highest BCUT2D eigenvalue weighted by atomic mass is 14.1. The first-order chi connectivity index (χ1) is 6.88. The Labute approximate surface area is 85.2 Å². The van der Waals surface area contributed by atoms with Crippen molar-refractivity contribution in [2.45, 2.75) is 12.8 Å². The predicted molar refractivity (Wildman–Crippen MR) is 58.1 cm³/mol. The molecule has 68 valence electrons. The molecule has 0 amide bonds. The second-order valence-corrected chi connectivity index (χ2v) is 3.38. The molecule has 0 heterocycles. The zero-order valence-corrected chi connectivity index (χ0v) is 8.20. The normalized spacial score (nSPS) is 10.4. The quantitative estimate of drug-likeness (QED) is 0.664. The van der Waals surface area contributed by atoms with Crippen molar-refractivity contribution in [1.29, 1.82) is 0 Å². The third-order valence-electron chi connectivity index (χ3n) is 2.43. The number of hydrogen-bond acceptors (Lipinski definition) is 0. The van der Waals surface area contributed by atoms with E-state index < -0.39 is 0 Å². The molecule has 1 atom stereocenters. The Morgan fingerprint density at radius 1 is 1.07 bits per heavy atom. The van der Waals surface area contributed by atoms with E-state index in [1.807, 2.05) is 24.3 Å². The molecule has 0 heteroatoms. The lowest BCUT2D eigenvalue weighted by Crippen LogP contribution is -1.94. The topological polar surface area (TPSA) is 0 Å². The average Bonchev–Trinajstić information content (AvgIpc) is 2.30. The van der Waals surface area contributed by atoms with Crippen molar-refractivity contribution in [3.8, 4) is 0 Å². The Hall–Kier alpha value is -1.56. The van der Waals surface area contributed by atoms with E-state index in [-0.39, 0.29) is 0 Å². The highest BCUT2D eigenvalue weighted by Crippen LogP contribution is 2.22. The van der Waals surface area contributed by atoms with Crippen LogP contribution in [-0.4, -0.2) is 0 Å². The van der Waals surface area contributed by atoms with Crippen molar-refractivity contribution >= 4 is 0 Å². The van der Waals surface area contributed by atoms with E-state index in [0.29, 0.717) is 5.92 Å². The average molecular weight is 180 g/mol. The minimum absolute atomic E-state index is 0.397. The number of benzene rings is 2. The van der Waals surface area contributed by atoms with Crippen LogP contribution in [0.1, 0.15) is 24.0 Å². The third-order valence-corrected chi connectivity index (χ3v) is 2.43. The summed E-state index contributed by atoms with van der Waals surface area (Å²) >= 11 is 0. The van der Waals surface area contributed by atoms with Crippen molar-refractivity contribution in [1.82, 2.24) is 0 Å². The van der Waals surface area contributed by atoms with Crippen molar-refractivity contribution in [3.63, 3.8) is 0 Å². The molecule has 0 N–H and O–H groups in total. The summed E-state index contributed by atoms with van der Waals surface area (Å²) < 4.78 is 0. The lowest BCUT2D eigenvalue weighted by Gasteiger charge is -2.11. The van der Waals surface area contributed by atoms with Crippen molar-refractivity contribution in [3.05, 3.63) is 71.8 Å². The SMILES string of the molecule is CC(c1[c]cc[c]c1)c1ccccc1. The predicted octanol–water partition coefficient (Wildman–Crippen LogP) is 3.44. The summed E-state index contributed by atoms with van der Waals surface area (Å²) in [6.45, 7) is 2.19. The highest BCUT2D eigenvalue weighted by Gasteiger charge is 2.06. The van der Waals surface area contributed by atoms with Gasteiger partial charge in [0.2, 0.25) is 0 Å². The Balaban J connectivity index is 2.30. The molecule has 0 bridgehead atoms. The molecule has 0 saturated carbocycles. The second kappa shape index (κ2) is 4.10. The summed E-state index contributed by atoms with van der Waals surface area (Å²) in [7, 11) is 0. The van der Waals surface area contributed by atoms with Crippen LogP contribution in [0.15, 0.2) is 48.5 Å². The summed E-state index contributed by atoms with van der Waals surface area (Å²) in [5.74, 6) is 0.397. The van der Waals surface area contributed by atoms with Crippen LogP contribution in [0, 0.1) is 12.1 Å². The Morgan fingerprint density at radius 3 is 2.50 bits per heavy atom. The maximum absolute atomic E-state index is 3.24. The lowest BCUT2D eigenvalue weighted by molar-refractivity contribution is 0.920. The maximum atomic E-state index is 3.24. The van der Waals surface area contributed by atoms with Crippen LogP contribution < -0.4 is 0 Å². The summed E-state index contributed by atoms with van der Waals surface area (Å²) in [5.41, 5.74) is 2.52. The van der Waals surface area contributed by atoms with Gasteiger partial charge < -0.3 is 0 Å². The molecule has 0 fully saturated rings. The van der Waals surface area contributed by atoms with Gasteiger partial charge in [-0.3, -0.25) is 0 Å². The van der Waals surface area contributed by atoms with Crippen LogP contribution in [0.3, 0.4) is 0 Å². The van der Waals surface area contributed by atoms with Crippen molar-refractivity contribution in [2.24, 2.45) is 0 Å². The van der Waals surface area contributed by atoms with Gasteiger partial charge in [0.15, 0.2) is 0 Å². The van der Waals surface area contributed by atoms with Gasteiger partial charge in [-0.05, 0) is 29.3 Å². The van der Waals surface area contributed by atoms with Crippen LogP contribution in [-0.2, 0) is 0 Å². The molecule has 0 aromatic heterocycles. The molecular weight excluding hydrogens is 168 g/mol. The summed E-state index contributed by atoms with van der Waals surface area (Å²) in [5, 5.41) is 0. The summed E-state index contributed by atoms with van der Waals surface area (Å²) in [6, 6.07) is 22.6.